The van der Waals surface area contributed by atoms with Crippen molar-refractivity contribution in [2.45, 2.75) is 102 Å². The first-order valence-electron chi connectivity index (χ1n) is 19.1. The highest BCUT2D eigenvalue weighted by Crippen LogP contribution is 2.44. The Morgan fingerprint density at radius 2 is 1.76 bits per heavy atom. The van der Waals surface area contributed by atoms with Gasteiger partial charge in [0, 0.05) is 37.0 Å². The maximum Gasteiger partial charge on any atom is 0.319 e. The lowest BCUT2D eigenvalue weighted by atomic mass is 9.95. The number of pyridine rings is 1. The van der Waals surface area contributed by atoms with E-state index in [1.807, 2.05) is 11.0 Å². The van der Waals surface area contributed by atoms with Gasteiger partial charge in [-0.25, -0.2) is 18.2 Å². The van der Waals surface area contributed by atoms with Crippen molar-refractivity contribution in [2.75, 3.05) is 37.7 Å². The van der Waals surface area contributed by atoms with Crippen LogP contribution in [0, 0.1) is 30.0 Å². The lowest BCUT2D eigenvalue weighted by molar-refractivity contribution is 0.107. The molecule has 0 bridgehead atoms. The van der Waals surface area contributed by atoms with Crippen molar-refractivity contribution in [2.24, 2.45) is 0 Å². The van der Waals surface area contributed by atoms with Crippen molar-refractivity contribution in [1.82, 2.24) is 19.9 Å². The fourth-order valence-corrected chi connectivity index (χ4v) is 14.8. The monoisotopic (exact) mass is 757 g/mol. The number of rotatable bonds is 8. The zero-order valence-electron chi connectivity index (χ0n) is 32.2. The Kier molecular flexibility index (Phi) is 10.2. The number of aryl methyl sites for hydroxylation is 1. The molecule has 0 aliphatic carbocycles. The van der Waals surface area contributed by atoms with Crippen molar-refractivity contribution < 1.29 is 28.1 Å². The number of β-amino-alcohol motifs (C(OH)–C–C–N with tert-alkyl or cyclic N) is 1. The van der Waals surface area contributed by atoms with Crippen LogP contribution >= 0.6 is 0 Å². The first-order valence-corrected chi connectivity index (χ1v) is 21.4. The van der Waals surface area contributed by atoms with Gasteiger partial charge in [0.2, 0.25) is 0 Å². The second-order valence-corrected chi connectivity index (χ2v) is 21.9. The lowest BCUT2D eigenvalue weighted by Gasteiger charge is -2.38. The molecule has 0 amide bonds. The summed E-state index contributed by atoms with van der Waals surface area (Å²) in [6.07, 6.45) is 3.85. The van der Waals surface area contributed by atoms with E-state index in [0.717, 1.165) is 19.4 Å². The van der Waals surface area contributed by atoms with E-state index in [1.165, 1.54) is 18.2 Å². The molecule has 0 radical (unpaired) electrons. The van der Waals surface area contributed by atoms with Gasteiger partial charge in [-0.2, -0.15) is 9.97 Å². The number of phenols is 1. The lowest BCUT2D eigenvalue weighted by Crippen LogP contribution is -2.43. The van der Waals surface area contributed by atoms with E-state index in [2.05, 4.69) is 62.9 Å². The van der Waals surface area contributed by atoms with Crippen LogP contribution in [0.1, 0.15) is 72.1 Å². The van der Waals surface area contributed by atoms with Crippen LogP contribution in [-0.4, -0.2) is 88.7 Å². The van der Waals surface area contributed by atoms with Crippen LogP contribution in [0.4, 0.5) is 19.0 Å². The highest BCUT2D eigenvalue weighted by atomic mass is 28.3. The standard InChI is InChI=1S/C42H50F3N5O3Si/c1-24(2)54(25(3)4,26(5)6)17-13-32-34(44)12-11-28-18-31(52)19-33(36(28)32)38-37(45)39-35(27(7)46-38)40(49-15-8-10-30(51)22-49)48-41(47-39)53-23-42-14-9-16-50(42)21-29(43)20-42/h8,10-12,18-19,24-26,29-30,51-52H,9,14-16,20-23H2,1-7H3/t29-,30?,42+/m1/s1. The number of hydrogen-bond donors (Lipinski definition) is 2. The Morgan fingerprint density at radius 3 is 2.46 bits per heavy atom. The minimum absolute atomic E-state index is 0.0662. The smallest absolute Gasteiger partial charge is 0.319 e. The Bertz CT molecular complexity index is 2180. The third-order valence-electron chi connectivity index (χ3n) is 12.1. The number of fused-ring (bicyclic) bond motifs is 3. The molecule has 2 saturated heterocycles. The van der Waals surface area contributed by atoms with Crippen molar-refractivity contribution >= 4 is 35.6 Å². The molecule has 3 atom stereocenters. The van der Waals surface area contributed by atoms with Gasteiger partial charge < -0.3 is 19.8 Å². The molecule has 5 heterocycles. The van der Waals surface area contributed by atoms with Gasteiger partial charge in [-0.1, -0.05) is 65.7 Å². The largest absolute Gasteiger partial charge is 0.508 e. The molecular weight excluding hydrogens is 708 g/mol. The zero-order valence-corrected chi connectivity index (χ0v) is 33.2. The number of alkyl halides is 1. The minimum atomic E-state index is -2.30. The van der Waals surface area contributed by atoms with Crippen LogP contribution in [0.3, 0.4) is 0 Å². The van der Waals surface area contributed by atoms with Gasteiger partial charge in [0.25, 0.3) is 0 Å². The first kappa shape index (κ1) is 38.1. The van der Waals surface area contributed by atoms with E-state index in [0.29, 0.717) is 63.8 Å². The van der Waals surface area contributed by atoms with Crippen LogP contribution in [0.15, 0.2) is 36.4 Å². The van der Waals surface area contributed by atoms with Gasteiger partial charge in [-0.05, 0) is 66.5 Å². The third kappa shape index (κ3) is 6.52. The number of phenolic OH excluding ortho intramolecular Hbond substituents is 1. The highest BCUT2D eigenvalue weighted by Gasteiger charge is 2.49. The van der Waals surface area contributed by atoms with Gasteiger partial charge in [0.15, 0.2) is 5.82 Å². The normalized spacial score (nSPS) is 21.9. The minimum Gasteiger partial charge on any atom is -0.508 e. The van der Waals surface area contributed by atoms with Crippen molar-refractivity contribution in [3.8, 4) is 34.5 Å². The number of aliphatic hydroxyl groups is 1. The Labute approximate surface area is 316 Å². The second-order valence-electron chi connectivity index (χ2n) is 16.3. The summed E-state index contributed by atoms with van der Waals surface area (Å²) in [7, 11) is -2.30. The van der Waals surface area contributed by atoms with Gasteiger partial charge in [0.1, 0.15) is 49.4 Å². The molecule has 54 heavy (non-hydrogen) atoms. The molecule has 2 N–H and O–H groups in total. The fraction of sp³-hybridized carbons (Fsp3) is 0.500. The summed E-state index contributed by atoms with van der Waals surface area (Å²) >= 11 is 0. The number of ether oxygens (including phenoxy) is 1. The van der Waals surface area contributed by atoms with Crippen molar-refractivity contribution in [3.05, 3.63) is 59.3 Å². The first-order chi connectivity index (χ1) is 25.6. The van der Waals surface area contributed by atoms with Gasteiger partial charge in [0.05, 0.1) is 28.3 Å². The summed E-state index contributed by atoms with van der Waals surface area (Å²) in [6.45, 7) is 16.7. The molecule has 8 nitrogen and oxygen atoms in total. The quantitative estimate of drug-likeness (QED) is 0.105. The van der Waals surface area contributed by atoms with Crippen LogP contribution in [0.5, 0.6) is 11.8 Å². The average molecular weight is 758 g/mol. The predicted octanol–water partition coefficient (Wildman–Crippen LogP) is 8.40. The molecular formula is C42H50F3N5O3Si. The van der Waals surface area contributed by atoms with Gasteiger partial charge >= 0.3 is 6.01 Å². The molecule has 2 aromatic carbocycles. The molecule has 0 saturated carbocycles. The van der Waals surface area contributed by atoms with Gasteiger partial charge in [-0.15, -0.1) is 5.54 Å². The summed E-state index contributed by atoms with van der Waals surface area (Å²) in [4.78, 5) is 18.1. The molecule has 12 heteroatoms. The van der Waals surface area contributed by atoms with E-state index in [1.54, 1.807) is 19.1 Å². The number of anilines is 1. The van der Waals surface area contributed by atoms with E-state index < -0.39 is 37.5 Å². The Hall–Kier alpha value is -4.18. The molecule has 2 fully saturated rings. The van der Waals surface area contributed by atoms with E-state index in [9.17, 15) is 14.6 Å². The summed E-state index contributed by atoms with van der Waals surface area (Å²) in [5.74, 6) is 2.13. The average Bonchev–Trinajstić information content (AvgIpc) is 3.64. The summed E-state index contributed by atoms with van der Waals surface area (Å²) in [5, 5.41) is 22.7. The van der Waals surface area contributed by atoms with Crippen LogP contribution in [-0.2, 0) is 0 Å². The fourth-order valence-electron chi connectivity index (χ4n) is 9.64. The second kappa shape index (κ2) is 14.5. The van der Waals surface area contributed by atoms with Crippen LogP contribution in [0.2, 0.25) is 16.6 Å². The maximum absolute atomic E-state index is 17.4. The Balaban J connectivity index is 1.43. The van der Waals surface area contributed by atoms with Crippen molar-refractivity contribution in [1.29, 1.82) is 0 Å². The maximum atomic E-state index is 17.4. The SMILES string of the molecule is Cc1nc(-c2cc(O)cc3ccc(F)c(C#C[Si](C(C)C)(C(C)C)C(C)C)c23)c(F)c2nc(OC[C@@]34CCCN3C[C@H](F)C4)nc(N3CC=CC(O)C3)c12. The van der Waals surface area contributed by atoms with Crippen molar-refractivity contribution in [3.63, 3.8) is 0 Å². The predicted molar refractivity (Wildman–Crippen MR) is 210 cm³/mol. The number of halogens is 3. The topological polar surface area (TPSA) is 94.8 Å². The Morgan fingerprint density at radius 1 is 1.02 bits per heavy atom. The number of benzene rings is 2. The molecule has 0 spiro atoms. The number of aromatic nitrogens is 3. The van der Waals surface area contributed by atoms with E-state index in [-0.39, 0.29) is 47.2 Å². The molecule has 7 rings (SSSR count). The molecule has 2 aromatic heterocycles. The van der Waals surface area contributed by atoms with E-state index in [4.69, 9.17) is 14.7 Å². The number of aliphatic hydroxyl groups excluding tert-OH is 1. The molecule has 1 unspecified atom stereocenters. The molecule has 3 aliphatic heterocycles. The number of nitrogens with zero attached hydrogens (tertiary/aromatic N) is 5. The summed E-state index contributed by atoms with van der Waals surface area (Å²) in [5.41, 5.74) is 4.57. The summed E-state index contributed by atoms with van der Waals surface area (Å²) < 4.78 is 54.3. The van der Waals surface area contributed by atoms with Crippen LogP contribution in [0.25, 0.3) is 32.9 Å². The zero-order chi connectivity index (χ0) is 38.7. The van der Waals surface area contributed by atoms with Gasteiger partial charge in [-0.3, -0.25) is 4.90 Å². The molecule has 3 aliphatic rings. The molecule has 4 aromatic rings. The number of aromatic hydroxyl groups is 1. The summed E-state index contributed by atoms with van der Waals surface area (Å²) in [6, 6.07) is 5.73. The van der Waals surface area contributed by atoms with Crippen LogP contribution < -0.4 is 9.64 Å². The third-order valence-corrected chi connectivity index (χ3v) is 18.4. The van der Waals surface area contributed by atoms with E-state index >= 15 is 8.78 Å². The highest BCUT2D eigenvalue weighted by molar-refractivity contribution is 6.90. The number of hydrogen-bond acceptors (Lipinski definition) is 8. The molecule has 286 valence electrons.